The van der Waals surface area contributed by atoms with Crippen LogP contribution in [0.1, 0.15) is 24.0 Å². The van der Waals surface area contributed by atoms with Crippen LogP contribution in [0.25, 0.3) is 22.7 Å². The number of hydrogen-bond acceptors (Lipinski definition) is 5. The van der Waals surface area contributed by atoms with Crippen molar-refractivity contribution >= 4 is 23.8 Å². The molecule has 4 rings (SSSR count). The third-order valence-electron chi connectivity index (χ3n) is 4.63. The van der Waals surface area contributed by atoms with Gasteiger partial charge in [-0.15, -0.1) is 12.6 Å². The first-order valence-corrected chi connectivity index (χ1v) is 8.21. The Bertz CT molecular complexity index is 1080. The molecular weight excluding hydrogens is 363 g/mol. The standard InChI is InChI=1S/C17H12F3N5S/c1-25-14-11(4-10(7-23-14)17(18,19)20)24-15(25)13-12(26)5-9(6-22-13)16(8-21)2-3-16/h4-7,26H,2-3H2,1H3. The molecule has 1 aliphatic carbocycles. The fourth-order valence-electron chi connectivity index (χ4n) is 2.92. The van der Waals surface area contributed by atoms with E-state index in [2.05, 4.69) is 33.6 Å². The Morgan fingerprint density at radius 1 is 1.23 bits per heavy atom. The molecule has 5 nitrogen and oxygen atoms in total. The summed E-state index contributed by atoms with van der Waals surface area (Å²) in [6, 6.07) is 5.04. The summed E-state index contributed by atoms with van der Waals surface area (Å²) in [4.78, 5) is 13.0. The van der Waals surface area contributed by atoms with E-state index in [4.69, 9.17) is 0 Å². The summed E-state index contributed by atoms with van der Waals surface area (Å²) in [6.07, 6.45) is -0.513. The highest BCUT2D eigenvalue weighted by Crippen LogP contribution is 2.48. The molecule has 3 aromatic rings. The highest BCUT2D eigenvalue weighted by Gasteiger charge is 2.45. The van der Waals surface area contributed by atoms with Crippen molar-refractivity contribution in [3.63, 3.8) is 0 Å². The zero-order valence-corrected chi connectivity index (χ0v) is 14.4. The predicted octanol–water partition coefficient (Wildman–Crippen LogP) is 3.89. The number of rotatable bonds is 2. The number of pyridine rings is 2. The molecule has 1 saturated carbocycles. The van der Waals surface area contributed by atoms with Gasteiger partial charge < -0.3 is 4.57 Å². The van der Waals surface area contributed by atoms with Gasteiger partial charge in [0.2, 0.25) is 0 Å². The lowest BCUT2D eigenvalue weighted by atomic mass is 9.99. The van der Waals surface area contributed by atoms with Crippen LogP contribution in [0.3, 0.4) is 0 Å². The summed E-state index contributed by atoms with van der Waals surface area (Å²) in [5, 5.41) is 9.30. The molecule has 9 heteroatoms. The van der Waals surface area contributed by atoms with Gasteiger partial charge in [-0.2, -0.15) is 18.4 Å². The molecule has 0 atom stereocenters. The largest absolute Gasteiger partial charge is 0.417 e. The minimum atomic E-state index is -4.48. The molecule has 0 aliphatic heterocycles. The van der Waals surface area contributed by atoms with Crippen LogP contribution < -0.4 is 0 Å². The molecular formula is C17H12F3N5S. The third-order valence-corrected chi connectivity index (χ3v) is 4.97. The van der Waals surface area contributed by atoms with Crippen molar-refractivity contribution in [1.82, 2.24) is 19.5 Å². The van der Waals surface area contributed by atoms with Crippen LogP contribution in [0.5, 0.6) is 0 Å². The van der Waals surface area contributed by atoms with Crippen molar-refractivity contribution in [1.29, 1.82) is 5.26 Å². The molecule has 0 saturated heterocycles. The number of halogens is 3. The Hall–Kier alpha value is -2.60. The number of hydrogen-bond donors (Lipinski definition) is 1. The van der Waals surface area contributed by atoms with Crippen molar-refractivity contribution in [2.75, 3.05) is 0 Å². The van der Waals surface area contributed by atoms with Gasteiger partial charge in [-0.3, -0.25) is 4.98 Å². The van der Waals surface area contributed by atoms with Crippen LogP contribution in [0.15, 0.2) is 29.4 Å². The lowest BCUT2D eigenvalue weighted by Crippen LogP contribution is -2.05. The van der Waals surface area contributed by atoms with E-state index >= 15 is 0 Å². The number of fused-ring (bicyclic) bond motifs is 1. The van der Waals surface area contributed by atoms with Gasteiger partial charge in [0.15, 0.2) is 11.5 Å². The average Bonchev–Trinajstić information content (AvgIpc) is 3.33. The molecule has 0 radical (unpaired) electrons. The van der Waals surface area contributed by atoms with Gasteiger partial charge in [-0.25, -0.2) is 9.97 Å². The maximum absolute atomic E-state index is 12.9. The molecule has 0 aromatic carbocycles. The molecule has 0 spiro atoms. The topological polar surface area (TPSA) is 67.4 Å². The van der Waals surface area contributed by atoms with E-state index in [0.717, 1.165) is 30.7 Å². The van der Waals surface area contributed by atoms with Crippen LogP contribution >= 0.6 is 12.6 Å². The Morgan fingerprint density at radius 2 is 1.96 bits per heavy atom. The van der Waals surface area contributed by atoms with Crippen molar-refractivity contribution in [2.45, 2.75) is 29.3 Å². The predicted molar refractivity (Wildman–Crippen MR) is 90.5 cm³/mol. The second kappa shape index (κ2) is 5.45. The average molecular weight is 375 g/mol. The van der Waals surface area contributed by atoms with Gasteiger partial charge in [0, 0.05) is 24.3 Å². The molecule has 1 fully saturated rings. The summed E-state index contributed by atoms with van der Waals surface area (Å²) in [5.41, 5.74) is 0.339. The first-order valence-electron chi connectivity index (χ1n) is 7.76. The Morgan fingerprint density at radius 3 is 2.54 bits per heavy atom. The SMILES string of the molecule is Cn1c(-c2ncc(C3(C#N)CC3)cc2S)nc2cc(C(F)(F)F)cnc21. The third kappa shape index (κ3) is 2.52. The van der Waals surface area contributed by atoms with Crippen molar-refractivity contribution < 1.29 is 13.2 Å². The molecule has 3 aromatic heterocycles. The number of alkyl halides is 3. The normalized spacial score (nSPS) is 15.8. The van der Waals surface area contributed by atoms with Gasteiger partial charge in [0.1, 0.15) is 11.2 Å². The maximum atomic E-state index is 12.9. The summed E-state index contributed by atoms with van der Waals surface area (Å²) in [5.74, 6) is 0.366. The Labute approximate surface area is 151 Å². The number of aromatic nitrogens is 4. The second-order valence-corrected chi connectivity index (χ2v) is 6.83. The molecule has 0 unspecified atom stereocenters. The number of aryl methyl sites for hydroxylation is 1. The van der Waals surface area contributed by atoms with Crippen molar-refractivity contribution in [2.24, 2.45) is 7.05 Å². The quantitative estimate of drug-likeness (QED) is 0.690. The van der Waals surface area contributed by atoms with Gasteiger partial charge >= 0.3 is 6.18 Å². The minimum Gasteiger partial charge on any atom is -0.310 e. The number of thiol groups is 1. The lowest BCUT2D eigenvalue weighted by molar-refractivity contribution is -0.137. The minimum absolute atomic E-state index is 0.131. The number of imidazole rings is 1. The monoisotopic (exact) mass is 375 g/mol. The summed E-state index contributed by atoms with van der Waals surface area (Å²) < 4.78 is 40.2. The first kappa shape index (κ1) is 16.8. The van der Waals surface area contributed by atoms with E-state index in [1.165, 1.54) is 0 Å². The summed E-state index contributed by atoms with van der Waals surface area (Å²) in [6.45, 7) is 0. The molecule has 1 aliphatic rings. The molecule has 3 heterocycles. The molecule has 132 valence electrons. The van der Waals surface area contributed by atoms with Gasteiger partial charge in [0.05, 0.1) is 17.0 Å². The zero-order valence-electron chi connectivity index (χ0n) is 13.5. The van der Waals surface area contributed by atoms with Crippen molar-refractivity contribution in [3.8, 4) is 17.6 Å². The zero-order chi connectivity index (χ0) is 18.7. The van der Waals surface area contributed by atoms with Crippen LogP contribution in [-0.2, 0) is 18.6 Å². The van der Waals surface area contributed by atoms with Crippen molar-refractivity contribution in [3.05, 3.63) is 35.7 Å². The number of nitriles is 1. The van der Waals surface area contributed by atoms with E-state index in [-0.39, 0.29) is 5.52 Å². The summed E-state index contributed by atoms with van der Waals surface area (Å²) >= 11 is 4.45. The van der Waals surface area contributed by atoms with Crippen LogP contribution in [0.4, 0.5) is 13.2 Å². The van der Waals surface area contributed by atoms with Crippen LogP contribution in [0.2, 0.25) is 0 Å². The number of nitrogens with zero attached hydrogens (tertiary/aromatic N) is 5. The van der Waals surface area contributed by atoms with E-state index in [1.54, 1.807) is 23.9 Å². The van der Waals surface area contributed by atoms with Gasteiger partial charge in [0.25, 0.3) is 0 Å². The van der Waals surface area contributed by atoms with E-state index in [0.29, 0.717) is 22.1 Å². The lowest BCUT2D eigenvalue weighted by Gasteiger charge is -2.09. The highest BCUT2D eigenvalue weighted by atomic mass is 32.1. The molecule has 0 amide bonds. The van der Waals surface area contributed by atoms with Crippen LogP contribution in [0, 0.1) is 11.3 Å². The van der Waals surface area contributed by atoms with E-state index in [9.17, 15) is 18.4 Å². The fourth-order valence-corrected chi connectivity index (χ4v) is 3.22. The first-order chi connectivity index (χ1) is 12.2. The highest BCUT2D eigenvalue weighted by molar-refractivity contribution is 7.80. The van der Waals surface area contributed by atoms with Gasteiger partial charge in [-0.1, -0.05) is 0 Å². The Kier molecular flexibility index (Phi) is 3.53. The molecule has 0 bridgehead atoms. The Balaban J connectivity index is 1.82. The van der Waals surface area contributed by atoms with Gasteiger partial charge in [-0.05, 0) is 30.5 Å². The van der Waals surface area contributed by atoms with E-state index < -0.39 is 17.2 Å². The van der Waals surface area contributed by atoms with E-state index in [1.807, 2.05) is 0 Å². The smallest absolute Gasteiger partial charge is 0.310 e. The second-order valence-electron chi connectivity index (χ2n) is 6.34. The fraction of sp³-hybridized carbons (Fsp3) is 0.294. The molecule has 0 N–H and O–H groups in total. The molecule has 26 heavy (non-hydrogen) atoms. The summed E-state index contributed by atoms with van der Waals surface area (Å²) in [7, 11) is 1.66. The van der Waals surface area contributed by atoms with Crippen LogP contribution in [-0.4, -0.2) is 19.5 Å². The maximum Gasteiger partial charge on any atom is 0.417 e.